The number of nitrogens with one attached hydrogen (secondary N) is 1. The fourth-order valence-corrected chi connectivity index (χ4v) is 1.88. The third-order valence-corrected chi connectivity index (χ3v) is 3.23. The van der Waals surface area contributed by atoms with Crippen LogP contribution < -0.4 is 5.32 Å². The Kier molecular flexibility index (Phi) is 6.28. The highest BCUT2D eigenvalue weighted by atomic mass is 16.5. The monoisotopic (exact) mass is 230 g/mol. The SMILES string of the molecule is CCCNC(C)(CO)CCN1CCOCC1. The summed E-state index contributed by atoms with van der Waals surface area (Å²) in [5, 5.41) is 12.9. The van der Waals surface area contributed by atoms with Crippen molar-refractivity contribution in [3.63, 3.8) is 0 Å². The Morgan fingerprint density at radius 1 is 1.38 bits per heavy atom. The highest BCUT2D eigenvalue weighted by molar-refractivity contribution is 4.83. The Morgan fingerprint density at radius 2 is 2.06 bits per heavy atom. The van der Waals surface area contributed by atoms with Crippen LogP contribution >= 0.6 is 0 Å². The normalized spacial score (nSPS) is 21.9. The Balaban J connectivity index is 2.25. The van der Waals surface area contributed by atoms with Crippen molar-refractivity contribution in [1.29, 1.82) is 0 Å². The molecule has 0 aromatic rings. The van der Waals surface area contributed by atoms with E-state index in [1.54, 1.807) is 0 Å². The fraction of sp³-hybridized carbons (Fsp3) is 1.00. The molecule has 96 valence electrons. The summed E-state index contributed by atoms with van der Waals surface area (Å²) >= 11 is 0. The zero-order valence-corrected chi connectivity index (χ0v) is 10.7. The molecule has 1 fully saturated rings. The molecular weight excluding hydrogens is 204 g/mol. The second-order valence-electron chi connectivity index (χ2n) is 4.85. The van der Waals surface area contributed by atoms with Gasteiger partial charge in [0.1, 0.15) is 0 Å². The largest absolute Gasteiger partial charge is 0.394 e. The second kappa shape index (κ2) is 7.22. The predicted molar refractivity (Wildman–Crippen MR) is 65.7 cm³/mol. The highest BCUT2D eigenvalue weighted by Gasteiger charge is 2.23. The van der Waals surface area contributed by atoms with Gasteiger partial charge >= 0.3 is 0 Å². The quantitative estimate of drug-likeness (QED) is 0.667. The van der Waals surface area contributed by atoms with Gasteiger partial charge in [-0.05, 0) is 26.3 Å². The number of ether oxygens (including phenoxy) is 1. The van der Waals surface area contributed by atoms with Gasteiger partial charge in [-0.2, -0.15) is 0 Å². The lowest BCUT2D eigenvalue weighted by atomic mass is 9.98. The first-order valence-corrected chi connectivity index (χ1v) is 6.36. The first kappa shape index (κ1) is 13.9. The number of aliphatic hydroxyl groups excluding tert-OH is 1. The number of hydrogen-bond donors (Lipinski definition) is 2. The van der Waals surface area contributed by atoms with Crippen molar-refractivity contribution in [2.45, 2.75) is 32.2 Å². The molecular formula is C12H26N2O2. The van der Waals surface area contributed by atoms with Gasteiger partial charge in [-0.25, -0.2) is 0 Å². The van der Waals surface area contributed by atoms with Gasteiger partial charge in [0.05, 0.1) is 19.8 Å². The van der Waals surface area contributed by atoms with E-state index in [-0.39, 0.29) is 12.1 Å². The van der Waals surface area contributed by atoms with Crippen molar-refractivity contribution in [3.8, 4) is 0 Å². The van der Waals surface area contributed by atoms with Crippen LogP contribution in [0.2, 0.25) is 0 Å². The number of aliphatic hydroxyl groups is 1. The van der Waals surface area contributed by atoms with Gasteiger partial charge in [0.25, 0.3) is 0 Å². The van der Waals surface area contributed by atoms with E-state index in [2.05, 4.69) is 24.1 Å². The third kappa shape index (κ3) is 4.78. The highest BCUT2D eigenvalue weighted by Crippen LogP contribution is 2.11. The zero-order chi connectivity index (χ0) is 11.9. The standard InChI is InChI=1S/C12H26N2O2/c1-3-5-13-12(2,11-15)4-6-14-7-9-16-10-8-14/h13,15H,3-11H2,1-2H3. The van der Waals surface area contributed by atoms with Crippen LogP contribution in [-0.4, -0.2) is 61.5 Å². The number of morpholine rings is 1. The first-order valence-electron chi connectivity index (χ1n) is 6.36. The lowest BCUT2D eigenvalue weighted by molar-refractivity contribution is 0.0312. The number of nitrogens with zero attached hydrogens (tertiary/aromatic N) is 1. The lowest BCUT2D eigenvalue weighted by Crippen LogP contribution is -2.49. The van der Waals surface area contributed by atoms with Crippen LogP contribution in [0.5, 0.6) is 0 Å². The summed E-state index contributed by atoms with van der Waals surface area (Å²) < 4.78 is 5.32. The predicted octanol–water partition coefficient (Wildman–Crippen LogP) is 0.459. The van der Waals surface area contributed by atoms with Gasteiger partial charge in [0.2, 0.25) is 0 Å². The van der Waals surface area contributed by atoms with E-state index in [1.807, 2.05) is 0 Å². The Hall–Kier alpha value is -0.160. The van der Waals surface area contributed by atoms with Crippen LogP contribution in [0.1, 0.15) is 26.7 Å². The molecule has 1 unspecified atom stereocenters. The van der Waals surface area contributed by atoms with Gasteiger partial charge in [-0.15, -0.1) is 0 Å². The van der Waals surface area contributed by atoms with Crippen LogP contribution in [0.4, 0.5) is 0 Å². The van der Waals surface area contributed by atoms with E-state index < -0.39 is 0 Å². The second-order valence-corrected chi connectivity index (χ2v) is 4.85. The van der Waals surface area contributed by atoms with E-state index >= 15 is 0 Å². The summed E-state index contributed by atoms with van der Waals surface area (Å²) in [6.07, 6.45) is 2.09. The molecule has 0 radical (unpaired) electrons. The minimum atomic E-state index is -0.131. The average Bonchev–Trinajstić information content (AvgIpc) is 2.35. The van der Waals surface area contributed by atoms with E-state index in [1.165, 1.54) is 0 Å². The summed E-state index contributed by atoms with van der Waals surface area (Å²) in [6.45, 7) is 10.2. The summed E-state index contributed by atoms with van der Waals surface area (Å²) in [4.78, 5) is 2.41. The maximum absolute atomic E-state index is 9.44. The molecule has 0 aliphatic carbocycles. The fourth-order valence-electron chi connectivity index (χ4n) is 1.88. The number of rotatable bonds is 7. The molecule has 1 rings (SSSR count). The van der Waals surface area contributed by atoms with E-state index in [4.69, 9.17) is 4.74 Å². The third-order valence-electron chi connectivity index (χ3n) is 3.23. The van der Waals surface area contributed by atoms with Gasteiger partial charge in [0, 0.05) is 25.2 Å². The molecule has 2 N–H and O–H groups in total. The van der Waals surface area contributed by atoms with Crippen molar-refractivity contribution in [3.05, 3.63) is 0 Å². The molecule has 1 aliphatic heterocycles. The Labute approximate surface area is 99.0 Å². The molecule has 1 heterocycles. The topological polar surface area (TPSA) is 44.7 Å². The van der Waals surface area contributed by atoms with Crippen LogP contribution in [0.3, 0.4) is 0 Å². The molecule has 1 saturated heterocycles. The molecule has 4 nitrogen and oxygen atoms in total. The van der Waals surface area contributed by atoms with E-state index in [0.29, 0.717) is 0 Å². The lowest BCUT2D eigenvalue weighted by Gasteiger charge is -2.33. The summed E-state index contributed by atoms with van der Waals surface area (Å²) in [5.74, 6) is 0. The molecule has 16 heavy (non-hydrogen) atoms. The smallest absolute Gasteiger partial charge is 0.0611 e. The van der Waals surface area contributed by atoms with Crippen molar-refractivity contribution in [2.75, 3.05) is 46.0 Å². The van der Waals surface area contributed by atoms with Crippen molar-refractivity contribution in [1.82, 2.24) is 10.2 Å². The maximum Gasteiger partial charge on any atom is 0.0611 e. The summed E-state index contributed by atoms with van der Waals surface area (Å²) in [7, 11) is 0. The number of hydrogen-bond acceptors (Lipinski definition) is 4. The van der Waals surface area contributed by atoms with Crippen molar-refractivity contribution < 1.29 is 9.84 Å². The molecule has 0 aromatic heterocycles. The van der Waals surface area contributed by atoms with Gasteiger partial charge in [-0.3, -0.25) is 4.90 Å². The molecule has 0 aromatic carbocycles. The first-order chi connectivity index (χ1) is 7.70. The average molecular weight is 230 g/mol. The molecule has 0 bridgehead atoms. The molecule has 1 atom stereocenters. The molecule has 1 aliphatic rings. The van der Waals surface area contributed by atoms with Crippen LogP contribution in [0.15, 0.2) is 0 Å². The van der Waals surface area contributed by atoms with Crippen LogP contribution in [0, 0.1) is 0 Å². The van der Waals surface area contributed by atoms with E-state index in [0.717, 1.165) is 52.2 Å². The van der Waals surface area contributed by atoms with Crippen molar-refractivity contribution in [2.24, 2.45) is 0 Å². The summed E-state index contributed by atoms with van der Waals surface area (Å²) in [5.41, 5.74) is -0.131. The summed E-state index contributed by atoms with van der Waals surface area (Å²) in [6, 6.07) is 0. The zero-order valence-electron chi connectivity index (χ0n) is 10.7. The van der Waals surface area contributed by atoms with Gasteiger partial charge in [-0.1, -0.05) is 6.92 Å². The van der Waals surface area contributed by atoms with E-state index in [9.17, 15) is 5.11 Å². The molecule has 0 saturated carbocycles. The molecule has 0 amide bonds. The minimum absolute atomic E-state index is 0.131. The van der Waals surface area contributed by atoms with Crippen LogP contribution in [-0.2, 0) is 4.74 Å². The Bertz CT molecular complexity index is 184. The van der Waals surface area contributed by atoms with Gasteiger partial charge < -0.3 is 15.2 Å². The van der Waals surface area contributed by atoms with Gasteiger partial charge in [0.15, 0.2) is 0 Å². The van der Waals surface area contributed by atoms with Crippen LogP contribution in [0.25, 0.3) is 0 Å². The molecule has 0 spiro atoms. The van der Waals surface area contributed by atoms with Crippen molar-refractivity contribution >= 4 is 0 Å². The molecule has 4 heteroatoms. The Morgan fingerprint density at radius 3 is 2.62 bits per heavy atom. The maximum atomic E-state index is 9.44. The minimum Gasteiger partial charge on any atom is -0.394 e.